The predicted molar refractivity (Wildman–Crippen MR) is 55.7 cm³/mol. The van der Waals surface area contributed by atoms with Crippen LogP contribution in [0, 0.1) is 0 Å². The van der Waals surface area contributed by atoms with Crippen molar-refractivity contribution in [1.82, 2.24) is 4.98 Å². The van der Waals surface area contributed by atoms with Crippen molar-refractivity contribution in [3.05, 3.63) is 23.9 Å². The maximum atomic E-state index is 10.6. The Morgan fingerprint density at radius 3 is 2.80 bits per heavy atom. The summed E-state index contributed by atoms with van der Waals surface area (Å²) >= 11 is 0. The van der Waals surface area contributed by atoms with Gasteiger partial charge in [-0.25, -0.2) is 4.98 Å². The van der Waals surface area contributed by atoms with E-state index in [9.17, 15) is 4.79 Å². The number of hydrogen-bond donors (Lipinski definition) is 0. The first-order valence-corrected chi connectivity index (χ1v) is 4.78. The van der Waals surface area contributed by atoms with Gasteiger partial charge in [-0.3, -0.25) is 4.79 Å². The van der Waals surface area contributed by atoms with Crippen molar-refractivity contribution >= 4 is 5.78 Å². The summed E-state index contributed by atoms with van der Waals surface area (Å²) in [5.74, 6) is 0.727. The molecule has 0 aliphatic carbocycles. The molecule has 0 aromatic carbocycles. The van der Waals surface area contributed by atoms with Gasteiger partial charge in [0.25, 0.3) is 0 Å². The number of methoxy groups -OCH3 is 1. The van der Waals surface area contributed by atoms with E-state index in [1.807, 2.05) is 6.07 Å². The lowest BCUT2D eigenvalue weighted by Gasteiger charge is -2.03. The Morgan fingerprint density at radius 1 is 1.47 bits per heavy atom. The van der Waals surface area contributed by atoms with Crippen molar-refractivity contribution in [2.24, 2.45) is 0 Å². The van der Waals surface area contributed by atoms with Crippen molar-refractivity contribution in [1.29, 1.82) is 0 Å². The van der Waals surface area contributed by atoms with Gasteiger partial charge < -0.3 is 9.47 Å². The van der Waals surface area contributed by atoms with Gasteiger partial charge in [0.15, 0.2) is 0 Å². The van der Waals surface area contributed by atoms with Gasteiger partial charge in [-0.1, -0.05) is 0 Å². The lowest BCUT2D eigenvalue weighted by molar-refractivity contribution is -0.118. The molecule has 0 amide bonds. The number of ether oxygens (including phenoxy) is 2. The highest BCUT2D eigenvalue weighted by atomic mass is 16.5. The number of Topliss-reactive ketones (excluding diaryl/α,β-unsaturated/α-hetero) is 1. The Balaban J connectivity index is 2.28. The summed E-state index contributed by atoms with van der Waals surface area (Å²) < 4.78 is 10.2. The summed E-state index contributed by atoms with van der Waals surface area (Å²) in [5.41, 5.74) is 0.972. The third-order valence-corrected chi connectivity index (χ3v) is 1.87. The average molecular weight is 209 g/mol. The fourth-order valence-corrected chi connectivity index (χ4v) is 1.02. The molecule has 0 radical (unpaired) electrons. The van der Waals surface area contributed by atoms with Gasteiger partial charge in [-0.2, -0.15) is 0 Å². The third-order valence-electron chi connectivity index (χ3n) is 1.87. The highest BCUT2D eigenvalue weighted by Crippen LogP contribution is 2.07. The van der Waals surface area contributed by atoms with Gasteiger partial charge in [0, 0.05) is 18.7 Å². The van der Waals surface area contributed by atoms with E-state index in [2.05, 4.69) is 4.98 Å². The molecule has 0 atom stereocenters. The molecule has 0 saturated heterocycles. The maximum Gasteiger partial charge on any atom is 0.212 e. The van der Waals surface area contributed by atoms with Crippen LogP contribution in [0.2, 0.25) is 0 Å². The average Bonchev–Trinajstić information content (AvgIpc) is 2.25. The number of carbonyl (C=O) groups excluding carboxylic acids is 1. The summed E-state index contributed by atoms with van der Waals surface area (Å²) in [5, 5.41) is 0. The van der Waals surface area contributed by atoms with Gasteiger partial charge >= 0.3 is 0 Å². The van der Waals surface area contributed by atoms with Crippen LogP contribution in [0.3, 0.4) is 0 Å². The molecular weight excluding hydrogens is 194 g/mol. The van der Waals surface area contributed by atoms with Gasteiger partial charge in [0.1, 0.15) is 5.78 Å². The number of ketones is 1. The number of nitrogens with zero attached hydrogens (tertiary/aromatic N) is 1. The van der Waals surface area contributed by atoms with Crippen LogP contribution in [-0.2, 0) is 16.1 Å². The van der Waals surface area contributed by atoms with Gasteiger partial charge in [-0.05, 0) is 18.6 Å². The molecule has 1 heterocycles. The summed E-state index contributed by atoms with van der Waals surface area (Å²) in [7, 11) is 1.57. The monoisotopic (exact) mass is 209 g/mol. The highest BCUT2D eigenvalue weighted by molar-refractivity contribution is 5.75. The molecule has 4 nitrogen and oxygen atoms in total. The van der Waals surface area contributed by atoms with Crippen LogP contribution in [0.15, 0.2) is 18.3 Å². The summed E-state index contributed by atoms with van der Waals surface area (Å²) in [6, 6.07) is 3.67. The summed E-state index contributed by atoms with van der Waals surface area (Å²) in [6.07, 6.45) is 2.16. The molecule has 0 unspecified atom stereocenters. The molecule has 1 rings (SSSR count). The van der Waals surface area contributed by atoms with Crippen LogP contribution in [-0.4, -0.2) is 24.5 Å². The quantitative estimate of drug-likeness (QED) is 0.667. The molecule has 82 valence electrons. The van der Waals surface area contributed by atoms with Crippen molar-refractivity contribution in [2.45, 2.75) is 20.0 Å². The SMILES string of the molecule is COc1ccc(COCCC(C)=O)cn1. The van der Waals surface area contributed by atoms with E-state index < -0.39 is 0 Å². The molecular formula is C11H15NO3. The summed E-state index contributed by atoms with van der Waals surface area (Å²) in [6.45, 7) is 2.49. The Labute approximate surface area is 89.2 Å². The fourth-order valence-electron chi connectivity index (χ4n) is 1.02. The minimum atomic E-state index is 0.142. The summed E-state index contributed by atoms with van der Waals surface area (Å²) in [4.78, 5) is 14.7. The maximum absolute atomic E-state index is 10.6. The zero-order valence-electron chi connectivity index (χ0n) is 9.03. The molecule has 1 aromatic rings. The molecule has 0 spiro atoms. The molecule has 0 saturated carbocycles. The molecule has 4 heteroatoms. The second kappa shape index (κ2) is 6.14. The first-order valence-electron chi connectivity index (χ1n) is 4.78. The highest BCUT2D eigenvalue weighted by Gasteiger charge is 1.97. The van der Waals surface area contributed by atoms with E-state index >= 15 is 0 Å². The van der Waals surface area contributed by atoms with Crippen LogP contribution in [0.1, 0.15) is 18.9 Å². The van der Waals surface area contributed by atoms with Crippen LogP contribution < -0.4 is 4.74 Å². The first-order chi connectivity index (χ1) is 7.22. The molecule has 0 fully saturated rings. The normalized spacial score (nSPS) is 10.0. The first kappa shape index (κ1) is 11.7. The lowest BCUT2D eigenvalue weighted by Crippen LogP contribution is -2.00. The molecule has 0 aliphatic rings. The molecule has 0 N–H and O–H groups in total. The van der Waals surface area contributed by atoms with Crippen molar-refractivity contribution in [3.63, 3.8) is 0 Å². The minimum absolute atomic E-state index is 0.142. The fraction of sp³-hybridized carbons (Fsp3) is 0.455. The number of carbonyl (C=O) groups is 1. The minimum Gasteiger partial charge on any atom is -0.481 e. The molecule has 1 aromatic heterocycles. The van der Waals surface area contributed by atoms with Crippen LogP contribution in [0.4, 0.5) is 0 Å². The van der Waals surface area contributed by atoms with Crippen LogP contribution >= 0.6 is 0 Å². The standard InChI is InChI=1S/C11H15NO3/c1-9(13)5-6-15-8-10-3-4-11(14-2)12-7-10/h3-4,7H,5-6,8H2,1-2H3. The number of hydrogen-bond acceptors (Lipinski definition) is 4. The topological polar surface area (TPSA) is 48.4 Å². The zero-order chi connectivity index (χ0) is 11.1. The number of rotatable bonds is 6. The Hall–Kier alpha value is -1.42. The van der Waals surface area contributed by atoms with Gasteiger partial charge in [0.2, 0.25) is 5.88 Å². The van der Waals surface area contributed by atoms with Gasteiger partial charge in [-0.15, -0.1) is 0 Å². The zero-order valence-corrected chi connectivity index (χ0v) is 9.03. The molecule has 15 heavy (non-hydrogen) atoms. The van der Waals surface area contributed by atoms with Crippen molar-refractivity contribution < 1.29 is 14.3 Å². The smallest absolute Gasteiger partial charge is 0.212 e. The molecule has 0 bridgehead atoms. The van der Waals surface area contributed by atoms with E-state index in [1.54, 1.807) is 26.3 Å². The second-order valence-electron chi connectivity index (χ2n) is 3.21. The van der Waals surface area contributed by atoms with E-state index in [0.717, 1.165) is 5.56 Å². The second-order valence-corrected chi connectivity index (χ2v) is 3.21. The predicted octanol–water partition coefficient (Wildman–Crippen LogP) is 1.59. The van der Waals surface area contributed by atoms with E-state index in [1.165, 1.54) is 0 Å². The van der Waals surface area contributed by atoms with E-state index in [0.29, 0.717) is 25.5 Å². The third kappa shape index (κ3) is 4.56. The van der Waals surface area contributed by atoms with Crippen LogP contribution in [0.5, 0.6) is 5.88 Å². The Morgan fingerprint density at radius 2 is 2.27 bits per heavy atom. The van der Waals surface area contributed by atoms with Crippen LogP contribution in [0.25, 0.3) is 0 Å². The largest absolute Gasteiger partial charge is 0.481 e. The number of aromatic nitrogens is 1. The van der Waals surface area contributed by atoms with Gasteiger partial charge in [0.05, 0.1) is 20.3 Å². The van der Waals surface area contributed by atoms with E-state index in [4.69, 9.17) is 9.47 Å². The number of pyridine rings is 1. The Kier molecular flexibility index (Phi) is 4.77. The van der Waals surface area contributed by atoms with Crippen molar-refractivity contribution in [2.75, 3.05) is 13.7 Å². The van der Waals surface area contributed by atoms with E-state index in [-0.39, 0.29) is 5.78 Å². The molecule has 0 aliphatic heterocycles. The lowest BCUT2D eigenvalue weighted by atomic mass is 10.3. The van der Waals surface area contributed by atoms with Crippen molar-refractivity contribution in [3.8, 4) is 5.88 Å². The Bertz CT molecular complexity index is 308.